The van der Waals surface area contributed by atoms with Crippen LogP contribution >= 0.6 is 0 Å². The van der Waals surface area contributed by atoms with E-state index in [1.165, 1.54) is 138 Å². The Bertz CT molecular complexity index is 8700. The van der Waals surface area contributed by atoms with Crippen molar-refractivity contribution in [2.24, 2.45) is 0 Å². The summed E-state index contributed by atoms with van der Waals surface area (Å²) in [6.45, 7) is 0. The molecule has 25 rings (SSSR count). The standard InChI is InChI=1S/C74H52N2.C68H48N2/c1-5-18-53(19-6-1)57-32-40-65(41-33-57)75(66-42-34-58(35-43-66)54-20-7-2-8-21-54)69-49-64(74-51-63-26-13-14-29-71(63)72-30-15-16-31-73(72)74)50-70(52-69)76(67-44-36-59(37-45-67)55-22-9-3-10-23-55)68-46-38-60(39-47-68)62-28-17-27-61(48-62)56-24-11-4-12-25-56;1-5-19-49(20-6-1)52-33-39-58(40-34-52)69(59-41-35-53(36-42-59)50-21-7-2-8-22-50)61-45-57(67-47-56-27-13-14-28-63(56)65-30-15-16-31-66(65)67)46-62(48-61)70(60-43-37-54(38-44-60)51-23-9-3-10-24-51)68-32-18-17-29-64(68)55-25-11-4-12-26-55/h1-52H;1-48H. The second-order valence-electron chi connectivity index (χ2n) is 37.1. The van der Waals surface area contributed by atoms with Crippen molar-refractivity contribution in [3.8, 4) is 122 Å². The van der Waals surface area contributed by atoms with Crippen LogP contribution in [0.25, 0.3) is 165 Å². The van der Waals surface area contributed by atoms with Crippen LogP contribution in [0.15, 0.2) is 607 Å². The Morgan fingerprint density at radius 1 is 0.0890 bits per heavy atom. The maximum atomic E-state index is 2.45. The SMILES string of the molecule is c1ccc(-c2ccc(N(c3ccc(-c4ccccc4)cc3)c3cc(-c4cc5ccccc5c5ccccc45)cc(N(c4ccc(-c5ccccc5)cc4)c4ccc(-c5cccc(-c6ccccc6)c5)cc4)c3)cc2)cc1.c1ccc(-c2ccc(N(c3ccc(-c4ccccc4)cc3)c3cc(-c4cc5ccccc5c5ccccc45)cc(N(c4ccc(-c5ccccc5)cc4)c4ccccc4-c4ccccc4)c3)cc2)cc1. The van der Waals surface area contributed by atoms with Crippen LogP contribution < -0.4 is 19.6 Å². The van der Waals surface area contributed by atoms with Crippen molar-refractivity contribution >= 4 is 111 Å². The fourth-order valence-electron chi connectivity index (χ4n) is 20.8. The Kier molecular flexibility index (Phi) is 25.0. The first kappa shape index (κ1) is 89.4. The highest BCUT2D eigenvalue weighted by Crippen LogP contribution is 2.52. The molecule has 0 fully saturated rings. The lowest BCUT2D eigenvalue weighted by atomic mass is 9.92. The highest BCUT2D eigenvalue weighted by atomic mass is 15.2. The predicted molar refractivity (Wildman–Crippen MR) is 621 cm³/mol. The van der Waals surface area contributed by atoms with Gasteiger partial charge in [0.05, 0.1) is 5.69 Å². The van der Waals surface area contributed by atoms with Gasteiger partial charge in [-0.3, -0.25) is 0 Å². The molecular weight excluding hydrogens is 1760 g/mol. The first-order valence-electron chi connectivity index (χ1n) is 50.0. The Labute approximate surface area is 853 Å². The Morgan fingerprint density at radius 3 is 0.575 bits per heavy atom. The largest absolute Gasteiger partial charge is 0.310 e. The van der Waals surface area contributed by atoms with Gasteiger partial charge in [-0.2, -0.15) is 0 Å². The van der Waals surface area contributed by atoms with E-state index in [0.717, 1.165) is 96.1 Å². The Balaban J connectivity index is 0.000000157. The highest BCUT2D eigenvalue weighted by molar-refractivity contribution is 6.16. The molecule has 4 heteroatoms. The zero-order chi connectivity index (χ0) is 97.3. The normalized spacial score (nSPS) is 11.2. The first-order valence-corrected chi connectivity index (χ1v) is 50.0. The quantitative estimate of drug-likeness (QED) is 0.0592. The fourth-order valence-corrected chi connectivity index (χ4v) is 20.8. The molecule has 0 aliphatic heterocycles. The van der Waals surface area contributed by atoms with Gasteiger partial charge in [-0.25, -0.2) is 0 Å². The van der Waals surface area contributed by atoms with E-state index in [0.29, 0.717) is 0 Å². The minimum atomic E-state index is 1.03. The van der Waals surface area contributed by atoms with E-state index in [2.05, 4.69) is 626 Å². The Hall–Kier alpha value is -19.3. The summed E-state index contributed by atoms with van der Waals surface area (Å²) < 4.78 is 0. The van der Waals surface area contributed by atoms with E-state index < -0.39 is 0 Å². The van der Waals surface area contributed by atoms with Crippen molar-refractivity contribution in [1.82, 2.24) is 0 Å². The summed E-state index contributed by atoms with van der Waals surface area (Å²) in [5.41, 5.74) is 38.3. The van der Waals surface area contributed by atoms with Crippen LogP contribution in [0.1, 0.15) is 0 Å². The van der Waals surface area contributed by atoms with Crippen LogP contribution in [0.2, 0.25) is 0 Å². The van der Waals surface area contributed by atoms with Gasteiger partial charge in [0.1, 0.15) is 0 Å². The summed E-state index contributed by atoms with van der Waals surface area (Å²) in [7, 11) is 0. The second-order valence-corrected chi connectivity index (χ2v) is 37.1. The van der Waals surface area contributed by atoms with Gasteiger partial charge in [-0.05, 0) is 306 Å². The first-order chi connectivity index (χ1) is 72.4. The van der Waals surface area contributed by atoms with Crippen LogP contribution in [0, 0.1) is 0 Å². The molecule has 0 spiro atoms. The average molecular weight is 1860 g/mol. The summed E-state index contributed by atoms with van der Waals surface area (Å²) in [5, 5.41) is 9.77. The number of benzene rings is 25. The van der Waals surface area contributed by atoms with Crippen LogP contribution in [-0.4, -0.2) is 0 Å². The lowest BCUT2D eigenvalue weighted by molar-refractivity contribution is 1.25. The molecule has 0 saturated carbocycles. The lowest BCUT2D eigenvalue weighted by Gasteiger charge is -2.32. The van der Waals surface area contributed by atoms with Gasteiger partial charge in [-0.1, -0.05) is 461 Å². The van der Waals surface area contributed by atoms with Gasteiger partial charge in [0.15, 0.2) is 0 Å². The van der Waals surface area contributed by atoms with Crippen molar-refractivity contribution in [3.05, 3.63) is 607 Å². The predicted octanol–water partition coefficient (Wildman–Crippen LogP) is 40.2. The smallest absolute Gasteiger partial charge is 0.0540 e. The monoisotopic (exact) mass is 1860 g/mol. The van der Waals surface area contributed by atoms with Crippen LogP contribution in [0.3, 0.4) is 0 Å². The summed E-state index contributed by atoms with van der Waals surface area (Å²) in [6.07, 6.45) is 0. The number of hydrogen-bond donors (Lipinski definition) is 0. The van der Waals surface area contributed by atoms with E-state index >= 15 is 0 Å². The van der Waals surface area contributed by atoms with Crippen molar-refractivity contribution in [2.75, 3.05) is 19.6 Å². The van der Waals surface area contributed by atoms with E-state index in [4.69, 9.17) is 0 Å². The molecule has 4 nitrogen and oxygen atoms in total. The third kappa shape index (κ3) is 18.7. The van der Waals surface area contributed by atoms with E-state index in [1.54, 1.807) is 0 Å². The molecule has 0 radical (unpaired) electrons. The van der Waals surface area contributed by atoms with Gasteiger partial charge >= 0.3 is 0 Å². The van der Waals surface area contributed by atoms with E-state index in [-0.39, 0.29) is 0 Å². The number of rotatable bonds is 23. The number of fused-ring (bicyclic) bond motifs is 6. The molecule has 0 saturated heterocycles. The molecule has 0 heterocycles. The highest BCUT2D eigenvalue weighted by Gasteiger charge is 2.27. The van der Waals surface area contributed by atoms with Gasteiger partial charge in [0.2, 0.25) is 0 Å². The summed E-state index contributed by atoms with van der Waals surface area (Å²) >= 11 is 0. The fraction of sp³-hybridized carbons (Fsp3) is 0. The molecule has 0 aromatic heterocycles. The summed E-state index contributed by atoms with van der Waals surface area (Å²) in [4.78, 5) is 9.70. The second kappa shape index (κ2) is 40.9. The third-order valence-corrected chi connectivity index (χ3v) is 28.0. The summed E-state index contributed by atoms with van der Waals surface area (Å²) in [5.74, 6) is 0. The van der Waals surface area contributed by atoms with E-state index in [1.807, 2.05) is 0 Å². The minimum absolute atomic E-state index is 1.03. The minimum Gasteiger partial charge on any atom is -0.310 e. The van der Waals surface area contributed by atoms with Gasteiger partial charge < -0.3 is 19.6 Å². The maximum absolute atomic E-state index is 2.45. The molecule has 0 aliphatic carbocycles. The van der Waals surface area contributed by atoms with Gasteiger partial charge in [-0.15, -0.1) is 0 Å². The molecule has 0 unspecified atom stereocenters. The van der Waals surface area contributed by atoms with Crippen LogP contribution in [-0.2, 0) is 0 Å². The molecule has 688 valence electrons. The number of nitrogens with zero attached hydrogens (tertiary/aromatic N) is 4. The molecule has 0 amide bonds. The zero-order valence-electron chi connectivity index (χ0n) is 80.5. The molecule has 0 aliphatic rings. The number of hydrogen-bond acceptors (Lipinski definition) is 4. The number of para-hydroxylation sites is 1. The van der Waals surface area contributed by atoms with Gasteiger partial charge in [0, 0.05) is 68.1 Å². The maximum Gasteiger partial charge on any atom is 0.0540 e. The topological polar surface area (TPSA) is 13.0 Å². The van der Waals surface area contributed by atoms with Crippen LogP contribution in [0.5, 0.6) is 0 Å². The molecule has 0 bridgehead atoms. The molecule has 0 atom stereocenters. The van der Waals surface area contributed by atoms with Crippen molar-refractivity contribution in [1.29, 1.82) is 0 Å². The number of anilines is 12. The van der Waals surface area contributed by atoms with Crippen molar-refractivity contribution < 1.29 is 0 Å². The molecule has 0 N–H and O–H groups in total. The summed E-state index contributed by atoms with van der Waals surface area (Å²) in [6, 6.07) is 220. The molecular formula is C142H100N4. The molecule has 146 heavy (non-hydrogen) atoms. The average Bonchev–Trinajstić information content (AvgIpc) is 0.739. The van der Waals surface area contributed by atoms with Crippen molar-refractivity contribution in [2.45, 2.75) is 0 Å². The molecule has 25 aromatic carbocycles. The van der Waals surface area contributed by atoms with Gasteiger partial charge in [0.25, 0.3) is 0 Å². The molecule has 25 aromatic rings. The Morgan fingerprint density at radius 2 is 0.288 bits per heavy atom. The zero-order valence-corrected chi connectivity index (χ0v) is 80.5. The van der Waals surface area contributed by atoms with Crippen molar-refractivity contribution in [3.63, 3.8) is 0 Å². The lowest BCUT2D eigenvalue weighted by Crippen LogP contribution is -2.14. The third-order valence-electron chi connectivity index (χ3n) is 28.0. The van der Waals surface area contributed by atoms with E-state index in [9.17, 15) is 0 Å². The van der Waals surface area contributed by atoms with Crippen LogP contribution in [0.4, 0.5) is 68.2 Å².